The summed E-state index contributed by atoms with van der Waals surface area (Å²) in [5.41, 5.74) is 0.506. The predicted molar refractivity (Wildman–Crippen MR) is 102 cm³/mol. The van der Waals surface area contributed by atoms with Gasteiger partial charge >= 0.3 is 5.97 Å². The molecule has 10 heteroatoms. The van der Waals surface area contributed by atoms with Crippen LogP contribution in [0.4, 0.5) is 8.28 Å². The maximum absolute atomic E-state index is 14.2. The molecule has 0 aromatic carbocycles. The first-order valence-electron chi connectivity index (χ1n) is 9.30. The highest BCUT2D eigenvalue weighted by atomic mass is 32.2. The number of methoxy groups -OCH3 is 1. The van der Waals surface area contributed by atoms with Gasteiger partial charge in [0.2, 0.25) is 0 Å². The molecule has 2 aliphatic rings. The number of likely N-dealkylation sites (tertiary alicyclic amines) is 1. The van der Waals surface area contributed by atoms with Gasteiger partial charge in [-0.2, -0.15) is 9.19 Å². The molecule has 1 aliphatic heterocycles. The Morgan fingerprint density at radius 1 is 1.34 bits per heavy atom. The van der Waals surface area contributed by atoms with E-state index in [-0.39, 0.29) is 52.6 Å². The standard InChI is InChI=1S/C19H20F2N4O3S/c1-11-7-13(14(20)10-22-11)16-8-15(23-25(16)29-21)17(26)24-6-3-12(18(27)28-2)9-19(24)4-5-19/h7-8,10,12H,3-6,9H2,1-2H3. The van der Waals surface area contributed by atoms with Crippen LogP contribution in [0.1, 0.15) is 41.9 Å². The Kier molecular flexibility index (Phi) is 5.05. The number of esters is 1. The molecular formula is C19H20F2N4O3S. The molecule has 154 valence electrons. The lowest BCUT2D eigenvalue weighted by Gasteiger charge is -2.38. The van der Waals surface area contributed by atoms with Crippen molar-refractivity contribution in [2.24, 2.45) is 5.92 Å². The van der Waals surface area contributed by atoms with Gasteiger partial charge in [0.15, 0.2) is 23.8 Å². The fourth-order valence-corrected chi connectivity index (χ4v) is 4.42. The summed E-state index contributed by atoms with van der Waals surface area (Å²) < 4.78 is 33.5. The van der Waals surface area contributed by atoms with Crippen LogP contribution in [0.2, 0.25) is 0 Å². The zero-order valence-corrected chi connectivity index (χ0v) is 16.8. The fraction of sp³-hybridized carbons (Fsp3) is 0.474. The molecule has 0 N–H and O–H groups in total. The molecule has 1 spiro atoms. The number of amides is 1. The Labute approximate surface area is 170 Å². The number of carbonyl (C=O) groups excluding carboxylic acids is 2. The van der Waals surface area contributed by atoms with E-state index in [2.05, 4.69) is 10.1 Å². The summed E-state index contributed by atoms with van der Waals surface area (Å²) >= 11 is -0.201. The highest BCUT2D eigenvalue weighted by Gasteiger charge is 2.55. The van der Waals surface area contributed by atoms with Crippen LogP contribution in [0, 0.1) is 18.7 Å². The van der Waals surface area contributed by atoms with E-state index in [1.54, 1.807) is 11.8 Å². The first-order chi connectivity index (χ1) is 13.9. The van der Waals surface area contributed by atoms with Crippen molar-refractivity contribution in [1.82, 2.24) is 19.1 Å². The van der Waals surface area contributed by atoms with Crippen LogP contribution in [0.25, 0.3) is 11.3 Å². The molecule has 1 amide bonds. The zero-order chi connectivity index (χ0) is 20.8. The minimum atomic E-state index is -0.623. The van der Waals surface area contributed by atoms with Crippen molar-refractivity contribution in [1.29, 1.82) is 0 Å². The minimum absolute atomic E-state index is 0.0433. The van der Waals surface area contributed by atoms with Crippen LogP contribution in [0.15, 0.2) is 18.3 Å². The van der Waals surface area contributed by atoms with Crippen LogP contribution in [0.3, 0.4) is 0 Å². The molecule has 2 fully saturated rings. The molecule has 1 saturated carbocycles. The Balaban J connectivity index is 1.63. The van der Waals surface area contributed by atoms with E-state index >= 15 is 0 Å². The fourth-order valence-electron chi connectivity index (χ4n) is 4.08. The van der Waals surface area contributed by atoms with E-state index in [1.165, 1.54) is 19.2 Å². The van der Waals surface area contributed by atoms with Crippen molar-refractivity contribution in [2.45, 2.75) is 38.1 Å². The number of ether oxygens (including phenoxy) is 1. The molecule has 0 radical (unpaired) electrons. The summed E-state index contributed by atoms with van der Waals surface area (Å²) in [6.45, 7) is 2.09. The second-order valence-corrected chi connectivity index (χ2v) is 8.04. The van der Waals surface area contributed by atoms with Gasteiger partial charge in [-0.05, 0) is 44.7 Å². The van der Waals surface area contributed by atoms with E-state index in [4.69, 9.17) is 4.74 Å². The summed E-state index contributed by atoms with van der Waals surface area (Å²) in [6.07, 6.45) is 3.72. The van der Waals surface area contributed by atoms with E-state index in [0.717, 1.165) is 23.1 Å². The van der Waals surface area contributed by atoms with Gasteiger partial charge in [0, 0.05) is 23.3 Å². The third kappa shape index (κ3) is 3.50. The van der Waals surface area contributed by atoms with Crippen LogP contribution < -0.4 is 0 Å². The van der Waals surface area contributed by atoms with Crippen LogP contribution in [-0.4, -0.2) is 50.1 Å². The summed E-state index contributed by atoms with van der Waals surface area (Å²) in [7, 11) is 1.36. The van der Waals surface area contributed by atoms with E-state index in [0.29, 0.717) is 25.1 Å². The Bertz CT molecular complexity index is 976. The predicted octanol–water partition coefficient (Wildman–Crippen LogP) is 3.33. The number of carbonyl (C=O) groups is 2. The monoisotopic (exact) mass is 422 g/mol. The van der Waals surface area contributed by atoms with Gasteiger partial charge < -0.3 is 9.64 Å². The van der Waals surface area contributed by atoms with Gasteiger partial charge in [-0.3, -0.25) is 14.6 Å². The third-order valence-electron chi connectivity index (χ3n) is 5.74. The zero-order valence-electron chi connectivity index (χ0n) is 16.0. The van der Waals surface area contributed by atoms with Crippen molar-refractivity contribution in [2.75, 3.05) is 13.7 Å². The Hall–Kier alpha value is -2.49. The number of rotatable bonds is 4. The highest BCUT2D eigenvalue weighted by molar-refractivity contribution is 7.92. The SMILES string of the molecule is COC(=O)C1CCN(C(=O)c2cc(-c3cc(C)ncc3F)n(SF)n2)C2(CC2)C1. The minimum Gasteiger partial charge on any atom is -0.469 e. The molecular weight excluding hydrogens is 402 g/mol. The smallest absolute Gasteiger partial charge is 0.308 e. The average molecular weight is 422 g/mol. The van der Waals surface area contributed by atoms with E-state index in [1.807, 2.05) is 0 Å². The number of piperidine rings is 1. The second-order valence-electron chi connectivity index (χ2n) is 7.56. The molecule has 2 aromatic rings. The van der Waals surface area contributed by atoms with Gasteiger partial charge in [-0.25, -0.2) is 4.39 Å². The van der Waals surface area contributed by atoms with Crippen LogP contribution >= 0.6 is 12.3 Å². The van der Waals surface area contributed by atoms with Crippen LogP contribution in [-0.2, 0) is 9.53 Å². The molecule has 0 bridgehead atoms. The van der Waals surface area contributed by atoms with E-state index in [9.17, 15) is 17.9 Å². The molecule has 1 unspecified atom stereocenters. The summed E-state index contributed by atoms with van der Waals surface area (Å²) in [4.78, 5) is 30.7. The van der Waals surface area contributed by atoms with Crippen molar-refractivity contribution in [3.63, 3.8) is 0 Å². The molecule has 7 nitrogen and oxygen atoms in total. The number of halogens is 2. The van der Waals surface area contributed by atoms with Crippen molar-refractivity contribution in [3.8, 4) is 11.3 Å². The average Bonchev–Trinajstić information content (AvgIpc) is 3.34. The highest BCUT2D eigenvalue weighted by Crippen LogP contribution is 2.50. The Morgan fingerprint density at radius 3 is 2.76 bits per heavy atom. The number of hydrogen-bond donors (Lipinski definition) is 0. The summed E-state index contributed by atoms with van der Waals surface area (Å²) in [5.74, 6) is -1.45. The van der Waals surface area contributed by atoms with Gasteiger partial charge in [0.25, 0.3) is 5.91 Å². The summed E-state index contributed by atoms with van der Waals surface area (Å²) in [5, 5.41) is 4.05. The number of aromatic nitrogens is 3. The molecule has 4 rings (SSSR count). The summed E-state index contributed by atoms with van der Waals surface area (Å²) in [6, 6.07) is 2.88. The van der Waals surface area contributed by atoms with Crippen molar-refractivity contribution in [3.05, 3.63) is 35.5 Å². The van der Waals surface area contributed by atoms with Crippen molar-refractivity contribution >= 4 is 24.2 Å². The molecule has 1 saturated heterocycles. The number of pyridine rings is 1. The maximum Gasteiger partial charge on any atom is 0.308 e. The van der Waals surface area contributed by atoms with E-state index < -0.39 is 5.82 Å². The molecule has 2 aromatic heterocycles. The van der Waals surface area contributed by atoms with Gasteiger partial charge in [0.1, 0.15) is 0 Å². The molecule has 1 atom stereocenters. The Morgan fingerprint density at radius 2 is 2.10 bits per heavy atom. The number of aryl methyl sites for hydroxylation is 1. The molecule has 3 heterocycles. The quantitative estimate of drug-likeness (QED) is 0.704. The number of hydrogen-bond acceptors (Lipinski definition) is 6. The normalized spacial score (nSPS) is 20.0. The largest absolute Gasteiger partial charge is 0.469 e. The topological polar surface area (TPSA) is 77.3 Å². The molecule has 1 aliphatic carbocycles. The van der Waals surface area contributed by atoms with Gasteiger partial charge in [-0.15, -0.1) is 3.89 Å². The number of nitrogens with zero attached hydrogens (tertiary/aromatic N) is 4. The van der Waals surface area contributed by atoms with Gasteiger partial charge in [0.05, 0.1) is 24.9 Å². The molecule has 29 heavy (non-hydrogen) atoms. The first kappa shape index (κ1) is 19.8. The lowest BCUT2D eigenvalue weighted by atomic mass is 9.88. The second kappa shape index (κ2) is 7.40. The lowest BCUT2D eigenvalue weighted by Crippen LogP contribution is -2.49. The third-order valence-corrected chi connectivity index (χ3v) is 6.15. The first-order valence-corrected chi connectivity index (χ1v) is 9.97. The maximum atomic E-state index is 14.2. The lowest BCUT2D eigenvalue weighted by molar-refractivity contribution is -0.147. The van der Waals surface area contributed by atoms with Crippen LogP contribution in [0.5, 0.6) is 0 Å². The van der Waals surface area contributed by atoms with Crippen molar-refractivity contribution < 1.29 is 22.6 Å². The van der Waals surface area contributed by atoms with Gasteiger partial charge in [-0.1, -0.05) is 0 Å².